The Morgan fingerprint density at radius 3 is 2.17 bits per heavy atom. The van der Waals surface area contributed by atoms with Crippen LogP contribution < -0.4 is 5.32 Å². The lowest BCUT2D eigenvalue weighted by molar-refractivity contribution is 0.0858. The van der Waals surface area contributed by atoms with Gasteiger partial charge in [-0.2, -0.15) is 0 Å². The molecule has 126 valence electrons. The first kappa shape index (κ1) is 18.1. The highest BCUT2D eigenvalue weighted by Crippen LogP contribution is 2.21. The maximum atomic E-state index is 12.2. The van der Waals surface area contributed by atoms with E-state index in [0.29, 0.717) is 17.3 Å². The van der Waals surface area contributed by atoms with E-state index in [0.717, 1.165) is 11.3 Å². The predicted molar refractivity (Wildman–Crippen MR) is 102 cm³/mol. The van der Waals surface area contributed by atoms with Gasteiger partial charge in [0.15, 0.2) is 5.78 Å². The van der Waals surface area contributed by atoms with Crippen molar-refractivity contribution in [1.29, 1.82) is 0 Å². The first-order valence-corrected chi connectivity index (χ1v) is 8.31. The molecular weight excluding hydrogens is 318 g/mol. The third-order valence-electron chi connectivity index (χ3n) is 3.57. The van der Waals surface area contributed by atoms with Crippen LogP contribution in [0.2, 0.25) is 0 Å². The van der Waals surface area contributed by atoms with Crippen LogP contribution in [0.15, 0.2) is 48.5 Å². The van der Waals surface area contributed by atoms with Gasteiger partial charge in [0, 0.05) is 16.7 Å². The van der Waals surface area contributed by atoms with Crippen LogP contribution in [0.4, 0.5) is 5.69 Å². The van der Waals surface area contributed by atoms with Crippen LogP contribution in [0.3, 0.4) is 0 Å². The number of carbonyl (C=O) groups is 1. The van der Waals surface area contributed by atoms with Gasteiger partial charge in [0.25, 0.3) is 5.17 Å². The van der Waals surface area contributed by atoms with E-state index in [2.05, 4.69) is 5.32 Å². The predicted octanol–water partition coefficient (Wildman–Crippen LogP) is 5.14. The third-order valence-corrected chi connectivity index (χ3v) is 3.79. The van der Waals surface area contributed by atoms with Gasteiger partial charge >= 0.3 is 0 Å². The Morgan fingerprint density at radius 1 is 1.04 bits per heavy atom. The van der Waals surface area contributed by atoms with Gasteiger partial charge in [0.1, 0.15) is 6.61 Å². The van der Waals surface area contributed by atoms with Crippen molar-refractivity contribution < 1.29 is 9.53 Å². The molecule has 1 N–H and O–H groups in total. The van der Waals surface area contributed by atoms with Gasteiger partial charge < -0.3 is 10.1 Å². The van der Waals surface area contributed by atoms with Crippen LogP contribution in [0.1, 0.15) is 42.3 Å². The number of hydrogen-bond acceptors (Lipinski definition) is 3. The first-order valence-electron chi connectivity index (χ1n) is 7.90. The Bertz CT molecular complexity index is 713. The SMILES string of the molecule is Cc1ccc(NC(=S)OCc2ccc(C(=O)C(C)(C)C)cc2)cc1. The van der Waals surface area contributed by atoms with E-state index in [9.17, 15) is 4.79 Å². The van der Waals surface area contributed by atoms with E-state index in [-0.39, 0.29) is 11.2 Å². The zero-order valence-corrected chi connectivity index (χ0v) is 15.4. The van der Waals surface area contributed by atoms with Crippen molar-refractivity contribution in [3.63, 3.8) is 0 Å². The lowest BCUT2D eigenvalue weighted by Crippen LogP contribution is -2.20. The average Bonchev–Trinajstić information content (AvgIpc) is 2.54. The van der Waals surface area contributed by atoms with Gasteiger partial charge in [-0.1, -0.05) is 62.7 Å². The number of carbonyl (C=O) groups excluding carboxylic acids is 1. The molecule has 0 radical (unpaired) electrons. The first-order chi connectivity index (χ1) is 11.3. The van der Waals surface area contributed by atoms with Crippen molar-refractivity contribution in [2.24, 2.45) is 5.41 Å². The Hall–Kier alpha value is -2.20. The normalized spacial score (nSPS) is 11.0. The number of nitrogens with one attached hydrogen (secondary N) is 1. The largest absolute Gasteiger partial charge is 0.466 e. The van der Waals surface area contributed by atoms with Gasteiger partial charge in [-0.3, -0.25) is 4.79 Å². The highest BCUT2D eigenvalue weighted by Gasteiger charge is 2.22. The minimum absolute atomic E-state index is 0.131. The summed E-state index contributed by atoms with van der Waals surface area (Å²) in [5, 5.41) is 3.37. The topological polar surface area (TPSA) is 38.3 Å². The van der Waals surface area contributed by atoms with Crippen LogP contribution in [-0.4, -0.2) is 11.0 Å². The minimum atomic E-state index is -0.377. The van der Waals surface area contributed by atoms with E-state index in [4.69, 9.17) is 17.0 Å². The molecule has 0 heterocycles. The maximum Gasteiger partial charge on any atom is 0.261 e. The highest BCUT2D eigenvalue weighted by atomic mass is 32.1. The molecule has 0 aliphatic carbocycles. The summed E-state index contributed by atoms with van der Waals surface area (Å²) in [6.45, 7) is 8.15. The van der Waals surface area contributed by atoms with Crippen LogP contribution in [0.5, 0.6) is 0 Å². The number of anilines is 1. The molecule has 0 fully saturated rings. The number of thiocarbonyl (C=S) groups is 1. The highest BCUT2D eigenvalue weighted by molar-refractivity contribution is 7.80. The lowest BCUT2D eigenvalue weighted by Gasteiger charge is -2.16. The molecule has 0 atom stereocenters. The standard InChI is InChI=1S/C20H23NO2S/c1-14-5-11-17(12-6-14)21-19(24)23-13-15-7-9-16(10-8-15)18(22)20(2,3)4/h5-12H,13H2,1-4H3,(H,21,24). The molecule has 0 saturated heterocycles. The van der Waals surface area contributed by atoms with Crippen LogP contribution in [0.25, 0.3) is 0 Å². The van der Waals surface area contributed by atoms with Gasteiger partial charge in [-0.05, 0) is 36.8 Å². The molecule has 0 spiro atoms. The van der Waals surface area contributed by atoms with Crippen LogP contribution >= 0.6 is 12.2 Å². The van der Waals surface area contributed by atoms with Gasteiger partial charge in [0.05, 0.1) is 0 Å². The fraction of sp³-hybridized carbons (Fsp3) is 0.300. The lowest BCUT2D eigenvalue weighted by atomic mass is 9.86. The van der Waals surface area contributed by atoms with Crippen molar-refractivity contribution in [3.05, 3.63) is 65.2 Å². The molecule has 0 bridgehead atoms. The summed E-state index contributed by atoms with van der Waals surface area (Å²) in [5.74, 6) is 0.131. The van der Waals surface area contributed by atoms with E-state index in [1.165, 1.54) is 5.56 Å². The van der Waals surface area contributed by atoms with Gasteiger partial charge in [-0.25, -0.2) is 0 Å². The summed E-state index contributed by atoms with van der Waals surface area (Å²) in [6.07, 6.45) is 0. The molecule has 2 rings (SSSR count). The molecular formula is C20H23NO2S. The second-order valence-corrected chi connectivity index (χ2v) is 7.21. The van der Waals surface area contributed by atoms with E-state index in [1.54, 1.807) is 0 Å². The van der Waals surface area contributed by atoms with Crippen LogP contribution in [0, 0.1) is 12.3 Å². The minimum Gasteiger partial charge on any atom is -0.466 e. The quantitative estimate of drug-likeness (QED) is 0.617. The third kappa shape index (κ3) is 5.17. The average molecular weight is 341 g/mol. The summed E-state index contributed by atoms with van der Waals surface area (Å²) < 4.78 is 5.57. The zero-order valence-electron chi connectivity index (χ0n) is 14.6. The van der Waals surface area contributed by atoms with Crippen molar-refractivity contribution in [3.8, 4) is 0 Å². The zero-order chi connectivity index (χ0) is 17.7. The van der Waals surface area contributed by atoms with Crippen molar-refractivity contribution >= 4 is 28.9 Å². The Labute approximate surface area is 149 Å². The number of ketones is 1. The summed E-state index contributed by atoms with van der Waals surface area (Å²) in [6, 6.07) is 15.4. The molecule has 0 aliphatic rings. The van der Waals surface area contributed by atoms with E-state index >= 15 is 0 Å². The fourth-order valence-electron chi connectivity index (χ4n) is 2.13. The molecule has 2 aromatic rings. The van der Waals surface area contributed by atoms with Crippen LogP contribution in [-0.2, 0) is 11.3 Å². The number of hydrogen-bond donors (Lipinski definition) is 1. The Morgan fingerprint density at radius 2 is 1.62 bits per heavy atom. The molecule has 24 heavy (non-hydrogen) atoms. The van der Waals surface area contributed by atoms with Crippen molar-refractivity contribution in [2.45, 2.75) is 34.3 Å². The molecule has 0 amide bonds. The summed E-state index contributed by atoms with van der Waals surface area (Å²) in [5.41, 5.74) is 3.39. The fourth-order valence-corrected chi connectivity index (χ4v) is 2.30. The molecule has 0 saturated carbocycles. The van der Waals surface area contributed by atoms with E-state index < -0.39 is 0 Å². The smallest absolute Gasteiger partial charge is 0.261 e. The summed E-state index contributed by atoms with van der Waals surface area (Å²) in [4.78, 5) is 12.2. The second-order valence-electron chi connectivity index (χ2n) is 6.84. The van der Waals surface area contributed by atoms with Crippen molar-refractivity contribution in [2.75, 3.05) is 5.32 Å². The summed E-state index contributed by atoms with van der Waals surface area (Å²) in [7, 11) is 0. The molecule has 3 nitrogen and oxygen atoms in total. The second kappa shape index (κ2) is 7.58. The molecule has 0 aliphatic heterocycles. The van der Waals surface area contributed by atoms with Gasteiger partial charge in [0.2, 0.25) is 0 Å². The molecule has 4 heteroatoms. The molecule has 0 unspecified atom stereocenters. The van der Waals surface area contributed by atoms with E-state index in [1.807, 2.05) is 76.2 Å². The molecule has 2 aromatic carbocycles. The molecule has 0 aromatic heterocycles. The van der Waals surface area contributed by atoms with Crippen molar-refractivity contribution in [1.82, 2.24) is 0 Å². The Kier molecular flexibility index (Phi) is 5.73. The number of rotatable bonds is 4. The van der Waals surface area contributed by atoms with Gasteiger partial charge in [-0.15, -0.1) is 0 Å². The number of benzene rings is 2. The number of Topliss-reactive ketones (excluding diaryl/α,β-unsaturated/α-hetero) is 1. The maximum absolute atomic E-state index is 12.2. The Balaban J connectivity index is 1.89. The number of ether oxygens (including phenoxy) is 1. The number of aryl methyl sites for hydroxylation is 1. The monoisotopic (exact) mass is 341 g/mol. The summed E-state index contributed by atoms with van der Waals surface area (Å²) >= 11 is 5.20.